The molecule has 1 saturated carbocycles. The van der Waals surface area contributed by atoms with Crippen LogP contribution in [-0.4, -0.2) is 44.2 Å². The molecule has 1 aliphatic heterocycles. The van der Waals surface area contributed by atoms with Gasteiger partial charge in [0.15, 0.2) is 0 Å². The lowest BCUT2D eigenvalue weighted by molar-refractivity contribution is 0.243. The lowest BCUT2D eigenvalue weighted by Crippen LogP contribution is -2.44. The number of nitrogens with one attached hydrogen (secondary N) is 1. The second kappa shape index (κ2) is 6.79. The summed E-state index contributed by atoms with van der Waals surface area (Å²) in [6.07, 6.45) is 3.61. The third-order valence-electron chi connectivity index (χ3n) is 4.12. The summed E-state index contributed by atoms with van der Waals surface area (Å²) in [7, 11) is 0. The van der Waals surface area contributed by atoms with Gasteiger partial charge in [0.1, 0.15) is 5.75 Å². The van der Waals surface area contributed by atoms with E-state index in [9.17, 15) is 0 Å². The summed E-state index contributed by atoms with van der Waals surface area (Å²) in [5.74, 6) is 1.62. The molecule has 110 valence electrons. The van der Waals surface area contributed by atoms with Crippen LogP contribution in [0.5, 0.6) is 5.75 Å². The molecule has 0 amide bonds. The molecule has 1 aromatic rings. The highest BCUT2D eigenvalue weighted by molar-refractivity contribution is 6.32. The molecule has 1 aromatic carbocycles. The summed E-state index contributed by atoms with van der Waals surface area (Å²) in [4.78, 5) is 2.49. The van der Waals surface area contributed by atoms with Gasteiger partial charge in [0.2, 0.25) is 0 Å². The van der Waals surface area contributed by atoms with Crippen molar-refractivity contribution in [2.24, 2.45) is 5.92 Å². The predicted molar refractivity (Wildman–Crippen MR) is 82.7 cm³/mol. The molecular formula is C16H23ClN2O. The molecule has 2 fully saturated rings. The van der Waals surface area contributed by atoms with Crippen molar-refractivity contribution in [3.8, 4) is 5.75 Å². The number of rotatable bonds is 6. The van der Waals surface area contributed by atoms with E-state index in [0.29, 0.717) is 0 Å². The highest BCUT2D eigenvalue weighted by atomic mass is 35.5. The fourth-order valence-corrected chi connectivity index (χ4v) is 2.84. The average molecular weight is 295 g/mol. The van der Waals surface area contributed by atoms with Crippen LogP contribution < -0.4 is 10.1 Å². The quantitative estimate of drug-likeness (QED) is 0.873. The molecule has 20 heavy (non-hydrogen) atoms. The van der Waals surface area contributed by atoms with Crippen molar-refractivity contribution in [2.45, 2.75) is 19.3 Å². The van der Waals surface area contributed by atoms with Crippen LogP contribution in [0.2, 0.25) is 5.02 Å². The van der Waals surface area contributed by atoms with Gasteiger partial charge in [0, 0.05) is 32.7 Å². The van der Waals surface area contributed by atoms with E-state index in [1.165, 1.54) is 18.4 Å². The smallest absolute Gasteiger partial charge is 0.138 e. The zero-order valence-corrected chi connectivity index (χ0v) is 12.7. The van der Waals surface area contributed by atoms with Gasteiger partial charge in [-0.1, -0.05) is 23.7 Å². The van der Waals surface area contributed by atoms with Crippen molar-refractivity contribution in [2.75, 3.05) is 39.3 Å². The van der Waals surface area contributed by atoms with Crippen molar-refractivity contribution in [1.29, 1.82) is 0 Å². The van der Waals surface area contributed by atoms with E-state index in [-0.39, 0.29) is 0 Å². The van der Waals surface area contributed by atoms with Crippen molar-refractivity contribution < 1.29 is 4.74 Å². The van der Waals surface area contributed by atoms with Crippen molar-refractivity contribution in [3.05, 3.63) is 28.8 Å². The van der Waals surface area contributed by atoms with Crippen LogP contribution in [-0.2, 0) is 6.42 Å². The van der Waals surface area contributed by atoms with E-state index in [1.807, 2.05) is 6.07 Å². The number of halogens is 1. The van der Waals surface area contributed by atoms with E-state index in [4.69, 9.17) is 16.3 Å². The van der Waals surface area contributed by atoms with Gasteiger partial charge in [-0.2, -0.15) is 0 Å². The molecule has 0 unspecified atom stereocenters. The first kappa shape index (κ1) is 14.2. The molecule has 4 heteroatoms. The standard InChI is InChI=1S/C16H23ClN2O/c17-16-14(6-9-19-10-7-18-8-11-19)2-1-3-15(16)20-12-13-4-5-13/h1-3,13,18H,4-12H2. The minimum Gasteiger partial charge on any atom is -0.492 e. The van der Waals surface area contributed by atoms with Crippen LogP contribution in [0.4, 0.5) is 0 Å². The van der Waals surface area contributed by atoms with Crippen LogP contribution in [0.3, 0.4) is 0 Å². The van der Waals surface area contributed by atoms with Crippen LogP contribution in [0.15, 0.2) is 18.2 Å². The molecule has 1 aliphatic carbocycles. The van der Waals surface area contributed by atoms with Gasteiger partial charge in [-0.3, -0.25) is 0 Å². The minimum absolute atomic E-state index is 0.760. The van der Waals surface area contributed by atoms with Gasteiger partial charge in [0.25, 0.3) is 0 Å². The normalized spacial score (nSPS) is 20.1. The van der Waals surface area contributed by atoms with Gasteiger partial charge in [-0.15, -0.1) is 0 Å². The maximum atomic E-state index is 6.47. The Balaban J connectivity index is 1.55. The molecule has 0 atom stereocenters. The van der Waals surface area contributed by atoms with Crippen LogP contribution in [0.1, 0.15) is 18.4 Å². The third kappa shape index (κ3) is 3.87. The molecule has 0 radical (unpaired) electrons. The van der Waals surface area contributed by atoms with Crippen LogP contribution in [0.25, 0.3) is 0 Å². The molecule has 1 saturated heterocycles. The summed E-state index contributed by atoms with van der Waals surface area (Å²) in [5.41, 5.74) is 1.21. The van der Waals surface area contributed by atoms with E-state index in [2.05, 4.69) is 22.3 Å². The first-order valence-corrected chi connectivity index (χ1v) is 8.04. The number of hydrogen-bond donors (Lipinski definition) is 1. The number of hydrogen-bond acceptors (Lipinski definition) is 3. The lowest BCUT2D eigenvalue weighted by Gasteiger charge is -2.27. The Hall–Kier alpha value is -0.770. The fourth-order valence-electron chi connectivity index (χ4n) is 2.57. The fraction of sp³-hybridized carbons (Fsp3) is 0.625. The average Bonchev–Trinajstić information content (AvgIpc) is 3.30. The topological polar surface area (TPSA) is 24.5 Å². The van der Waals surface area contributed by atoms with Crippen molar-refractivity contribution >= 4 is 11.6 Å². The number of benzene rings is 1. The maximum Gasteiger partial charge on any atom is 0.138 e. The molecule has 1 heterocycles. The van der Waals surface area contributed by atoms with Gasteiger partial charge in [0.05, 0.1) is 11.6 Å². The Kier molecular flexibility index (Phi) is 4.81. The van der Waals surface area contributed by atoms with E-state index < -0.39 is 0 Å². The Morgan fingerprint density at radius 1 is 1.25 bits per heavy atom. The van der Waals surface area contributed by atoms with E-state index in [1.54, 1.807) is 0 Å². The summed E-state index contributed by atoms with van der Waals surface area (Å²) < 4.78 is 5.84. The first-order valence-electron chi connectivity index (χ1n) is 7.66. The molecule has 0 bridgehead atoms. The number of ether oxygens (including phenoxy) is 1. The maximum absolute atomic E-state index is 6.47. The third-order valence-corrected chi connectivity index (χ3v) is 4.55. The minimum atomic E-state index is 0.760. The number of piperazine rings is 1. The lowest BCUT2D eigenvalue weighted by atomic mass is 10.1. The highest BCUT2D eigenvalue weighted by Gasteiger charge is 2.22. The van der Waals surface area contributed by atoms with Gasteiger partial charge in [-0.25, -0.2) is 0 Å². The predicted octanol–water partition coefficient (Wildman–Crippen LogP) is 2.58. The SMILES string of the molecule is Clc1c(CCN2CCNCC2)cccc1OCC1CC1. The summed E-state index contributed by atoms with van der Waals surface area (Å²) in [6, 6.07) is 6.16. The molecule has 3 rings (SSSR count). The number of nitrogens with zero attached hydrogens (tertiary/aromatic N) is 1. The van der Waals surface area contributed by atoms with Crippen LogP contribution >= 0.6 is 11.6 Å². The molecule has 0 aromatic heterocycles. The summed E-state index contributed by atoms with van der Waals surface area (Å²) in [5, 5.41) is 4.19. The Morgan fingerprint density at radius 3 is 2.80 bits per heavy atom. The molecule has 2 aliphatic rings. The Morgan fingerprint density at radius 2 is 2.05 bits per heavy atom. The molecular weight excluding hydrogens is 272 g/mol. The van der Waals surface area contributed by atoms with Crippen LogP contribution in [0, 0.1) is 5.92 Å². The van der Waals surface area contributed by atoms with Crippen molar-refractivity contribution in [1.82, 2.24) is 10.2 Å². The highest BCUT2D eigenvalue weighted by Crippen LogP contribution is 2.33. The van der Waals surface area contributed by atoms with Gasteiger partial charge >= 0.3 is 0 Å². The van der Waals surface area contributed by atoms with Gasteiger partial charge in [-0.05, 0) is 36.8 Å². The summed E-state index contributed by atoms with van der Waals surface area (Å²) in [6.45, 7) is 6.36. The monoisotopic (exact) mass is 294 g/mol. The Bertz CT molecular complexity index is 442. The molecule has 1 N–H and O–H groups in total. The Labute approximate surface area is 126 Å². The zero-order valence-electron chi connectivity index (χ0n) is 11.9. The second-order valence-corrected chi connectivity index (χ2v) is 6.20. The van der Waals surface area contributed by atoms with Gasteiger partial charge < -0.3 is 15.0 Å². The zero-order chi connectivity index (χ0) is 13.8. The first-order chi connectivity index (χ1) is 9.83. The molecule has 0 spiro atoms. The second-order valence-electron chi connectivity index (χ2n) is 5.83. The largest absolute Gasteiger partial charge is 0.492 e. The van der Waals surface area contributed by atoms with E-state index in [0.717, 1.165) is 62.4 Å². The van der Waals surface area contributed by atoms with E-state index >= 15 is 0 Å². The summed E-state index contributed by atoms with van der Waals surface area (Å²) >= 11 is 6.47. The molecule has 3 nitrogen and oxygen atoms in total. The van der Waals surface area contributed by atoms with Crippen molar-refractivity contribution in [3.63, 3.8) is 0 Å².